The van der Waals surface area contributed by atoms with Crippen LogP contribution in [-0.4, -0.2) is 5.78 Å². The minimum absolute atomic E-state index is 0.0283. The van der Waals surface area contributed by atoms with E-state index >= 15 is 0 Å². The van der Waals surface area contributed by atoms with Crippen molar-refractivity contribution in [1.82, 2.24) is 0 Å². The highest BCUT2D eigenvalue weighted by Crippen LogP contribution is 2.20. The summed E-state index contributed by atoms with van der Waals surface area (Å²) < 4.78 is 0. The van der Waals surface area contributed by atoms with Gasteiger partial charge in [0, 0.05) is 5.92 Å². The fraction of sp³-hybridized carbons (Fsp3) is 0.417. The van der Waals surface area contributed by atoms with Crippen molar-refractivity contribution >= 4 is 5.78 Å². The summed E-state index contributed by atoms with van der Waals surface area (Å²) in [6, 6.07) is 6.23. The van der Waals surface area contributed by atoms with Crippen LogP contribution in [0, 0.1) is 13.8 Å². The predicted molar refractivity (Wildman–Crippen MR) is 55.0 cm³/mol. The zero-order chi connectivity index (χ0) is 10.0. The van der Waals surface area contributed by atoms with Crippen LogP contribution in [0.2, 0.25) is 0 Å². The maximum Gasteiger partial charge on any atom is 0.136 e. The van der Waals surface area contributed by atoms with E-state index in [1.54, 1.807) is 6.92 Å². The Kier molecular flexibility index (Phi) is 2.86. The van der Waals surface area contributed by atoms with Gasteiger partial charge >= 0.3 is 0 Å². The van der Waals surface area contributed by atoms with Gasteiger partial charge in [0.2, 0.25) is 0 Å². The molecule has 0 amide bonds. The van der Waals surface area contributed by atoms with Crippen LogP contribution in [0.5, 0.6) is 0 Å². The number of rotatable bonds is 2. The van der Waals surface area contributed by atoms with E-state index in [1.807, 2.05) is 6.92 Å². The van der Waals surface area contributed by atoms with Gasteiger partial charge in [-0.05, 0) is 31.9 Å². The number of carbonyl (C=O) groups excluding carboxylic acids is 1. The normalized spacial score (nSPS) is 12.6. The van der Waals surface area contributed by atoms with Crippen molar-refractivity contribution in [2.45, 2.75) is 33.6 Å². The molecule has 0 N–H and O–H groups in total. The Bertz CT molecular complexity index is 326. The molecule has 1 rings (SSSR count). The van der Waals surface area contributed by atoms with E-state index in [4.69, 9.17) is 0 Å². The summed E-state index contributed by atoms with van der Waals surface area (Å²) in [4.78, 5) is 11.2. The van der Waals surface area contributed by atoms with Gasteiger partial charge in [-0.3, -0.25) is 4.79 Å². The van der Waals surface area contributed by atoms with Gasteiger partial charge in [-0.1, -0.05) is 30.7 Å². The first-order chi connectivity index (χ1) is 6.02. The molecule has 1 aromatic rings. The molecule has 13 heavy (non-hydrogen) atoms. The summed E-state index contributed by atoms with van der Waals surface area (Å²) in [7, 11) is 0. The molecule has 0 radical (unpaired) electrons. The monoisotopic (exact) mass is 176 g/mol. The molecule has 1 atom stereocenters. The zero-order valence-electron chi connectivity index (χ0n) is 8.72. The molecule has 0 bridgehead atoms. The van der Waals surface area contributed by atoms with E-state index in [0.717, 1.165) is 5.56 Å². The first-order valence-electron chi connectivity index (χ1n) is 4.60. The third-order valence-electron chi connectivity index (χ3n) is 2.50. The van der Waals surface area contributed by atoms with Gasteiger partial charge in [0.05, 0.1) is 0 Å². The van der Waals surface area contributed by atoms with Crippen molar-refractivity contribution in [3.8, 4) is 0 Å². The minimum Gasteiger partial charge on any atom is -0.299 e. The highest BCUT2D eigenvalue weighted by atomic mass is 16.1. The van der Waals surface area contributed by atoms with Crippen LogP contribution >= 0.6 is 0 Å². The van der Waals surface area contributed by atoms with E-state index in [0.29, 0.717) is 0 Å². The van der Waals surface area contributed by atoms with Crippen LogP contribution in [0.1, 0.15) is 36.5 Å². The molecule has 1 unspecified atom stereocenters. The van der Waals surface area contributed by atoms with E-state index in [-0.39, 0.29) is 11.7 Å². The molecule has 0 saturated carbocycles. The topological polar surface area (TPSA) is 17.1 Å². The van der Waals surface area contributed by atoms with Crippen LogP contribution in [0.4, 0.5) is 0 Å². The maximum absolute atomic E-state index is 11.2. The van der Waals surface area contributed by atoms with Gasteiger partial charge in [-0.2, -0.15) is 0 Å². The van der Waals surface area contributed by atoms with E-state index < -0.39 is 0 Å². The predicted octanol–water partition coefficient (Wildman–Crippen LogP) is 3.00. The molecule has 0 saturated heterocycles. The molecule has 0 aliphatic heterocycles. The number of ketones is 1. The number of hydrogen-bond donors (Lipinski definition) is 0. The minimum atomic E-state index is 0.0283. The highest BCUT2D eigenvalue weighted by Gasteiger charge is 2.12. The third kappa shape index (κ3) is 2.18. The lowest BCUT2D eigenvalue weighted by atomic mass is 9.92. The Balaban J connectivity index is 3.08. The van der Waals surface area contributed by atoms with Gasteiger partial charge in [0.1, 0.15) is 5.78 Å². The SMILES string of the molecule is CC(=O)C(C)c1ccc(C)cc1C. The number of benzene rings is 1. The number of aryl methyl sites for hydroxylation is 2. The summed E-state index contributed by atoms with van der Waals surface area (Å²) in [6.45, 7) is 7.72. The van der Waals surface area contributed by atoms with Crippen molar-refractivity contribution in [3.63, 3.8) is 0 Å². The van der Waals surface area contributed by atoms with Crippen molar-refractivity contribution < 1.29 is 4.79 Å². The van der Waals surface area contributed by atoms with Crippen molar-refractivity contribution in [2.75, 3.05) is 0 Å². The number of Topliss-reactive ketones (excluding diaryl/α,β-unsaturated/α-hetero) is 1. The van der Waals surface area contributed by atoms with Crippen LogP contribution in [0.15, 0.2) is 18.2 Å². The van der Waals surface area contributed by atoms with Gasteiger partial charge in [-0.15, -0.1) is 0 Å². The second-order valence-corrected chi connectivity index (χ2v) is 3.69. The lowest BCUT2D eigenvalue weighted by molar-refractivity contribution is -0.118. The smallest absolute Gasteiger partial charge is 0.136 e. The molecule has 0 fully saturated rings. The second-order valence-electron chi connectivity index (χ2n) is 3.69. The van der Waals surface area contributed by atoms with Crippen molar-refractivity contribution in [2.24, 2.45) is 0 Å². The number of carbonyl (C=O) groups is 1. The molecule has 0 aliphatic carbocycles. The quantitative estimate of drug-likeness (QED) is 0.677. The molecule has 0 aromatic heterocycles. The lowest BCUT2D eigenvalue weighted by Crippen LogP contribution is -2.05. The molecule has 1 nitrogen and oxygen atoms in total. The van der Waals surface area contributed by atoms with E-state index in [9.17, 15) is 4.79 Å². The maximum atomic E-state index is 11.2. The fourth-order valence-corrected chi connectivity index (χ4v) is 1.53. The molecular weight excluding hydrogens is 160 g/mol. The van der Waals surface area contributed by atoms with Crippen LogP contribution in [0.3, 0.4) is 0 Å². The summed E-state index contributed by atoms with van der Waals surface area (Å²) in [5, 5.41) is 0. The Morgan fingerprint density at radius 1 is 1.31 bits per heavy atom. The first kappa shape index (κ1) is 9.97. The van der Waals surface area contributed by atoms with Gasteiger partial charge in [0.15, 0.2) is 0 Å². The first-order valence-corrected chi connectivity index (χ1v) is 4.60. The largest absolute Gasteiger partial charge is 0.299 e. The molecule has 70 valence electrons. The molecule has 0 spiro atoms. The van der Waals surface area contributed by atoms with E-state index in [1.165, 1.54) is 11.1 Å². The average molecular weight is 176 g/mol. The fourth-order valence-electron chi connectivity index (χ4n) is 1.53. The van der Waals surface area contributed by atoms with Gasteiger partial charge in [0.25, 0.3) is 0 Å². The van der Waals surface area contributed by atoms with Crippen molar-refractivity contribution in [1.29, 1.82) is 0 Å². The molecule has 0 aliphatic rings. The summed E-state index contributed by atoms with van der Waals surface area (Å²) in [6.07, 6.45) is 0. The van der Waals surface area contributed by atoms with Crippen molar-refractivity contribution in [3.05, 3.63) is 34.9 Å². The molecule has 0 heterocycles. The molecular formula is C12H16O. The van der Waals surface area contributed by atoms with Crippen LogP contribution < -0.4 is 0 Å². The third-order valence-corrected chi connectivity index (χ3v) is 2.50. The standard InChI is InChI=1S/C12H16O/c1-8-5-6-12(9(2)7-8)10(3)11(4)13/h5-7,10H,1-4H3. The van der Waals surface area contributed by atoms with Crippen LogP contribution in [0.25, 0.3) is 0 Å². The molecule has 1 aromatic carbocycles. The van der Waals surface area contributed by atoms with Gasteiger partial charge < -0.3 is 0 Å². The van der Waals surface area contributed by atoms with E-state index in [2.05, 4.69) is 32.0 Å². The summed E-state index contributed by atoms with van der Waals surface area (Å²) in [5.74, 6) is 0.257. The number of hydrogen-bond acceptors (Lipinski definition) is 1. The zero-order valence-corrected chi connectivity index (χ0v) is 8.72. The molecule has 1 heteroatoms. The Hall–Kier alpha value is -1.11. The summed E-state index contributed by atoms with van der Waals surface area (Å²) in [5.41, 5.74) is 3.61. The van der Waals surface area contributed by atoms with Gasteiger partial charge in [-0.25, -0.2) is 0 Å². The lowest BCUT2D eigenvalue weighted by Gasteiger charge is -2.11. The summed E-state index contributed by atoms with van der Waals surface area (Å²) >= 11 is 0. The average Bonchev–Trinajstić information content (AvgIpc) is 2.03. The Labute approximate surface area is 79.8 Å². The second kappa shape index (κ2) is 3.73. The highest BCUT2D eigenvalue weighted by molar-refractivity contribution is 5.83. The Morgan fingerprint density at radius 3 is 2.38 bits per heavy atom. The van der Waals surface area contributed by atoms with Crippen LogP contribution in [-0.2, 0) is 4.79 Å². The Morgan fingerprint density at radius 2 is 1.92 bits per heavy atom.